The Hall–Kier alpha value is -1.03. The highest BCUT2D eigenvalue weighted by molar-refractivity contribution is 5.85. The Kier molecular flexibility index (Phi) is 8.64. The molecule has 5 heteroatoms. The van der Waals surface area contributed by atoms with E-state index in [-0.39, 0.29) is 24.8 Å². The van der Waals surface area contributed by atoms with E-state index in [4.69, 9.17) is 5.73 Å². The number of hydrogen-bond donors (Lipinski definition) is 1. The van der Waals surface area contributed by atoms with Gasteiger partial charge in [-0.15, -0.1) is 12.4 Å². The van der Waals surface area contributed by atoms with Gasteiger partial charge in [-0.3, -0.25) is 0 Å². The average Bonchev–Trinajstić information content (AvgIpc) is 2.79. The Morgan fingerprint density at radius 1 is 1.14 bits per heavy atom. The standard InChI is InChI=1S/C16H24N3.2ClH/c1-13-9-14(2)16(15(3)10-13)11-19-8-7-18(12-19)6-4-5-17;;/h7-10,12H,4-6,11,17H2,1-3H3;2*1H/q+1;;/p-1. The topological polar surface area (TPSA) is 34.8 Å². The van der Waals surface area contributed by atoms with Gasteiger partial charge in [-0.1, -0.05) is 17.7 Å². The second-order valence-corrected chi connectivity index (χ2v) is 5.34. The summed E-state index contributed by atoms with van der Waals surface area (Å²) in [7, 11) is 0. The van der Waals surface area contributed by atoms with Crippen molar-refractivity contribution in [1.29, 1.82) is 0 Å². The van der Waals surface area contributed by atoms with Crippen LogP contribution >= 0.6 is 12.4 Å². The van der Waals surface area contributed by atoms with E-state index >= 15 is 0 Å². The fraction of sp³-hybridized carbons (Fsp3) is 0.438. The number of nitrogens with two attached hydrogens (primary N) is 1. The number of aryl methyl sites for hydroxylation is 4. The van der Waals surface area contributed by atoms with Crippen molar-refractivity contribution in [2.75, 3.05) is 6.54 Å². The summed E-state index contributed by atoms with van der Waals surface area (Å²) in [5, 5.41) is 0. The van der Waals surface area contributed by atoms with Gasteiger partial charge < -0.3 is 18.1 Å². The summed E-state index contributed by atoms with van der Waals surface area (Å²) < 4.78 is 4.44. The summed E-state index contributed by atoms with van der Waals surface area (Å²) >= 11 is 0. The molecule has 0 spiro atoms. The largest absolute Gasteiger partial charge is 1.00 e. The van der Waals surface area contributed by atoms with Crippen LogP contribution in [0.25, 0.3) is 0 Å². The molecule has 0 fully saturated rings. The number of hydrogen-bond acceptors (Lipinski definition) is 1. The van der Waals surface area contributed by atoms with Crippen molar-refractivity contribution < 1.29 is 17.0 Å². The highest BCUT2D eigenvalue weighted by atomic mass is 35.5. The number of benzene rings is 1. The number of imidazole rings is 1. The number of aromatic nitrogens is 2. The maximum absolute atomic E-state index is 5.54. The van der Waals surface area contributed by atoms with Crippen molar-refractivity contribution in [2.45, 2.75) is 40.3 Å². The van der Waals surface area contributed by atoms with Crippen molar-refractivity contribution in [2.24, 2.45) is 5.73 Å². The quantitative estimate of drug-likeness (QED) is 0.739. The fourth-order valence-corrected chi connectivity index (χ4v) is 2.58. The second-order valence-electron chi connectivity index (χ2n) is 5.34. The van der Waals surface area contributed by atoms with Crippen LogP contribution in [0.5, 0.6) is 0 Å². The van der Waals surface area contributed by atoms with Gasteiger partial charge in [0.05, 0.1) is 6.54 Å². The molecule has 0 amide bonds. The van der Waals surface area contributed by atoms with E-state index in [9.17, 15) is 0 Å². The third-order valence-electron chi connectivity index (χ3n) is 3.55. The predicted molar refractivity (Wildman–Crippen MR) is 85.3 cm³/mol. The Morgan fingerprint density at radius 3 is 2.33 bits per heavy atom. The smallest absolute Gasteiger partial charge is 0.244 e. The number of nitrogens with zero attached hydrogens (tertiary/aromatic N) is 2. The van der Waals surface area contributed by atoms with E-state index in [2.05, 4.69) is 60.8 Å². The molecule has 3 nitrogen and oxygen atoms in total. The van der Waals surface area contributed by atoms with Gasteiger partial charge in [-0.2, -0.15) is 0 Å². The maximum Gasteiger partial charge on any atom is 0.244 e. The van der Waals surface area contributed by atoms with Crippen LogP contribution in [0.1, 0.15) is 28.7 Å². The van der Waals surface area contributed by atoms with E-state index in [1.165, 1.54) is 22.3 Å². The Bertz CT molecular complexity index is 541. The average molecular weight is 330 g/mol. The molecule has 0 unspecified atom stereocenters. The summed E-state index contributed by atoms with van der Waals surface area (Å²) in [6.07, 6.45) is 7.44. The monoisotopic (exact) mass is 329 g/mol. The van der Waals surface area contributed by atoms with Gasteiger partial charge in [-0.25, -0.2) is 9.13 Å². The number of halogens is 2. The van der Waals surface area contributed by atoms with Crippen LogP contribution in [0.15, 0.2) is 30.9 Å². The Morgan fingerprint density at radius 2 is 1.76 bits per heavy atom. The predicted octanol–water partition coefficient (Wildman–Crippen LogP) is -0.476. The van der Waals surface area contributed by atoms with Crippen LogP contribution in [0.2, 0.25) is 0 Å². The van der Waals surface area contributed by atoms with Crippen molar-refractivity contribution in [3.05, 3.63) is 53.1 Å². The van der Waals surface area contributed by atoms with Crippen LogP contribution in [0.4, 0.5) is 0 Å². The molecule has 0 atom stereocenters. The second kappa shape index (κ2) is 9.08. The molecule has 0 radical (unpaired) electrons. The molecule has 0 saturated carbocycles. The molecule has 2 N–H and O–H groups in total. The molecule has 1 heterocycles. The molecule has 0 aliphatic rings. The SMILES string of the molecule is Cc1cc(C)c(C[n+]2ccn(CCCN)c2)c(C)c1.Cl.[Cl-]. The lowest BCUT2D eigenvalue weighted by Crippen LogP contribution is -3.00. The summed E-state index contributed by atoms with van der Waals surface area (Å²) in [5.41, 5.74) is 11.1. The first-order valence-electron chi connectivity index (χ1n) is 6.92. The highest BCUT2D eigenvalue weighted by Gasteiger charge is 2.09. The van der Waals surface area contributed by atoms with E-state index in [0.29, 0.717) is 0 Å². The molecule has 0 bridgehead atoms. The van der Waals surface area contributed by atoms with Gasteiger partial charge in [0, 0.05) is 0 Å². The molecule has 1 aromatic carbocycles. The molecule has 0 aliphatic carbocycles. The van der Waals surface area contributed by atoms with Crippen molar-refractivity contribution >= 4 is 12.4 Å². The Labute approximate surface area is 140 Å². The molecule has 2 aromatic rings. The number of rotatable bonds is 5. The molecule has 0 aliphatic heterocycles. The van der Waals surface area contributed by atoms with Gasteiger partial charge in [0.2, 0.25) is 6.33 Å². The highest BCUT2D eigenvalue weighted by Crippen LogP contribution is 2.15. The first-order chi connectivity index (χ1) is 9.10. The molecule has 2 rings (SSSR count). The first kappa shape index (κ1) is 20.0. The minimum atomic E-state index is 0. The van der Waals surface area contributed by atoms with Gasteiger partial charge in [0.1, 0.15) is 18.9 Å². The van der Waals surface area contributed by atoms with Gasteiger partial charge in [0.25, 0.3) is 0 Å². The fourth-order valence-electron chi connectivity index (χ4n) is 2.58. The van der Waals surface area contributed by atoms with E-state index in [1.807, 2.05) is 0 Å². The molecular weight excluding hydrogens is 305 g/mol. The molecule has 118 valence electrons. The molecular formula is C16H25Cl2N3. The lowest BCUT2D eigenvalue weighted by Gasteiger charge is -2.09. The molecule has 1 aromatic heterocycles. The third-order valence-corrected chi connectivity index (χ3v) is 3.55. The van der Waals surface area contributed by atoms with E-state index < -0.39 is 0 Å². The van der Waals surface area contributed by atoms with Crippen LogP contribution in [0.3, 0.4) is 0 Å². The van der Waals surface area contributed by atoms with Crippen molar-refractivity contribution in [1.82, 2.24) is 4.57 Å². The summed E-state index contributed by atoms with van der Waals surface area (Å²) in [5.74, 6) is 0. The van der Waals surface area contributed by atoms with Crippen molar-refractivity contribution in [3.63, 3.8) is 0 Å². The van der Waals surface area contributed by atoms with Gasteiger partial charge in [-0.05, 0) is 50.4 Å². The molecule has 21 heavy (non-hydrogen) atoms. The van der Waals surface area contributed by atoms with Gasteiger partial charge >= 0.3 is 0 Å². The summed E-state index contributed by atoms with van der Waals surface area (Å²) in [4.78, 5) is 0. The third kappa shape index (κ3) is 5.34. The summed E-state index contributed by atoms with van der Waals surface area (Å²) in [6, 6.07) is 4.52. The van der Waals surface area contributed by atoms with Gasteiger partial charge in [0.15, 0.2) is 0 Å². The lowest BCUT2D eigenvalue weighted by atomic mass is 10.00. The minimum Gasteiger partial charge on any atom is -1.00 e. The zero-order valence-electron chi connectivity index (χ0n) is 13.0. The normalized spacial score (nSPS) is 9.90. The first-order valence-corrected chi connectivity index (χ1v) is 6.92. The van der Waals surface area contributed by atoms with Crippen LogP contribution in [-0.4, -0.2) is 11.1 Å². The van der Waals surface area contributed by atoms with Crippen LogP contribution in [-0.2, 0) is 13.1 Å². The maximum atomic E-state index is 5.54. The van der Waals surface area contributed by atoms with Crippen LogP contribution < -0.4 is 22.7 Å². The Balaban J connectivity index is 0.00000200. The zero-order valence-corrected chi connectivity index (χ0v) is 14.5. The van der Waals surface area contributed by atoms with Crippen LogP contribution in [0, 0.1) is 20.8 Å². The molecule has 0 saturated heterocycles. The zero-order chi connectivity index (χ0) is 13.8. The minimum absolute atomic E-state index is 0. The lowest BCUT2D eigenvalue weighted by molar-refractivity contribution is -0.688. The summed E-state index contributed by atoms with van der Waals surface area (Å²) in [6.45, 7) is 9.22. The van der Waals surface area contributed by atoms with E-state index in [0.717, 1.165) is 26.1 Å². The van der Waals surface area contributed by atoms with E-state index in [1.54, 1.807) is 0 Å². The van der Waals surface area contributed by atoms with Crippen molar-refractivity contribution in [3.8, 4) is 0 Å².